The van der Waals surface area contributed by atoms with E-state index in [-0.39, 0.29) is 18.4 Å². The number of anilines is 1. The summed E-state index contributed by atoms with van der Waals surface area (Å²) in [4.78, 5) is 27.0. The lowest BCUT2D eigenvalue weighted by molar-refractivity contribution is -0.116. The molecule has 0 spiro atoms. The Morgan fingerprint density at radius 1 is 1.20 bits per heavy atom. The molecule has 0 radical (unpaired) electrons. The number of carbonyl (C=O) groups excluding carboxylic acids is 2. The molecule has 1 rings (SSSR count). The molecule has 0 atom stereocenters. The van der Waals surface area contributed by atoms with Gasteiger partial charge in [0.05, 0.1) is 23.4 Å². The number of carbonyl (C=O) groups is 2. The number of para-hydroxylation sites is 1. The van der Waals surface area contributed by atoms with Gasteiger partial charge in [-0.25, -0.2) is 0 Å². The molecule has 2 amide bonds. The molecule has 0 bridgehead atoms. The van der Waals surface area contributed by atoms with Gasteiger partial charge < -0.3 is 14.9 Å². The van der Waals surface area contributed by atoms with E-state index in [4.69, 9.17) is 0 Å². The zero-order valence-corrected chi connectivity index (χ0v) is 12.7. The molecule has 0 aliphatic carbocycles. The van der Waals surface area contributed by atoms with E-state index in [1.807, 2.05) is 0 Å². The molecule has 0 aromatic heterocycles. The summed E-state index contributed by atoms with van der Waals surface area (Å²) >= 11 is 0. The van der Waals surface area contributed by atoms with Crippen LogP contribution >= 0.6 is 0 Å². The standard InChI is InChI=1S/C15H22N2O3/c1-11(19)16(4)13-9-7-6-8-12(13)14(20)17(5)15(2,3)10-18/h6-9,18H,10H2,1-5H3. The fourth-order valence-electron chi connectivity index (χ4n) is 1.68. The van der Waals surface area contributed by atoms with E-state index < -0.39 is 5.54 Å². The zero-order valence-electron chi connectivity index (χ0n) is 12.7. The molecule has 0 saturated heterocycles. The number of nitrogens with zero attached hydrogens (tertiary/aromatic N) is 2. The summed E-state index contributed by atoms with van der Waals surface area (Å²) in [6, 6.07) is 6.95. The van der Waals surface area contributed by atoms with Crippen LogP contribution in [-0.4, -0.2) is 48.1 Å². The van der Waals surface area contributed by atoms with E-state index in [9.17, 15) is 14.7 Å². The summed E-state index contributed by atoms with van der Waals surface area (Å²) in [5, 5.41) is 9.37. The van der Waals surface area contributed by atoms with Gasteiger partial charge in [0, 0.05) is 21.0 Å². The first-order chi connectivity index (χ1) is 9.22. The van der Waals surface area contributed by atoms with Gasteiger partial charge in [0.1, 0.15) is 0 Å². The molecule has 0 aliphatic rings. The number of aliphatic hydroxyl groups is 1. The van der Waals surface area contributed by atoms with Gasteiger partial charge >= 0.3 is 0 Å². The summed E-state index contributed by atoms with van der Waals surface area (Å²) < 4.78 is 0. The zero-order chi connectivity index (χ0) is 15.5. The molecule has 0 unspecified atom stereocenters. The maximum Gasteiger partial charge on any atom is 0.256 e. The van der Waals surface area contributed by atoms with Crippen LogP contribution in [0.3, 0.4) is 0 Å². The van der Waals surface area contributed by atoms with Crippen molar-refractivity contribution in [2.45, 2.75) is 26.3 Å². The molecule has 1 N–H and O–H groups in total. The summed E-state index contributed by atoms with van der Waals surface area (Å²) in [6.07, 6.45) is 0. The number of amides is 2. The predicted octanol–water partition coefficient (Wildman–Crippen LogP) is 1.51. The Hall–Kier alpha value is -1.88. The molecule has 110 valence electrons. The van der Waals surface area contributed by atoms with Crippen molar-refractivity contribution >= 4 is 17.5 Å². The Labute approximate surface area is 119 Å². The summed E-state index contributed by atoms with van der Waals surface area (Å²) in [5.74, 6) is -0.373. The van der Waals surface area contributed by atoms with Gasteiger partial charge in [0.25, 0.3) is 5.91 Å². The minimum atomic E-state index is -0.668. The number of hydrogen-bond acceptors (Lipinski definition) is 3. The predicted molar refractivity (Wildman–Crippen MR) is 78.8 cm³/mol. The van der Waals surface area contributed by atoms with Gasteiger partial charge in [0.15, 0.2) is 0 Å². The number of benzene rings is 1. The normalized spacial score (nSPS) is 11.1. The van der Waals surface area contributed by atoms with Gasteiger partial charge in [-0.15, -0.1) is 0 Å². The number of rotatable bonds is 4. The fourth-order valence-corrected chi connectivity index (χ4v) is 1.68. The van der Waals surface area contributed by atoms with E-state index in [1.54, 1.807) is 52.2 Å². The second-order valence-corrected chi connectivity index (χ2v) is 5.43. The van der Waals surface area contributed by atoms with E-state index in [0.717, 1.165) is 0 Å². The third-order valence-electron chi connectivity index (χ3n) is 3.57. The molecule has 1 aromatic rings. The molecular weight excluding hydrogens is 256 g/mol. The highest BCUT2D eigenvalue weighted by Crippen LogP contribution is 2.23. The molecular formula is C15H22N2O3. The van der Waals surface area contributed by atoms with Crippen LogP contribution in [0.1, 0.15) is 31.1 Å². The Kier molecular flexibility index (Phi) is 4.89. The molecule has 20 heavy (non-hydrogen) atoms. The van der Waals surface area contributed by atoms with E-state index in [0.29, 0.717) is 11.3 Å². The van der Waals surface area contributed by atoms with Crippen molar-refractivity contribution in [2.75, 3.05) is 25.6 Å². The van der Waals surface area contributed by atoms with E-state index >= 15 is 0 Å². The lowest BCUT2D eigenvalue weighted by Gasteiger charge is -2.34. The lowest BCUT2D eigenvalue weighted by Crippen LogP contribution is -2.48. The van der Waals surface area contributed by atoms with Gasteiger partial charge in [-0.3, -0.25) is 9.59 Å². The van der Waals surface area contributed by atoms with Crippen molar-refractivity contribution < 1.29 is 14.7 Å². The van der Waals surface area contributed by atoms with Crippen molar-refractivity contribution in [3.63, 3.8) is 0 Å². The third-order valence-corrected chi connectivity index (χ3v) is 3.57. The molecule has 5 nitrogen and oxygen atoms in total. The smallest absolute Gasteiger partial charge is 0.256 e. The van der Waals surface area contributed by atoms with Gasteiger partial charge in [-0.2, -0.15) is 0 Å². The third kappa shape index (κ3) is 3.17. The van der Waals surface area contributed by atoms with Crippen LogP contribution in [0, 0.1) is 0 Å². The quantitative estimate of drug-likeness (QED) is 0.908. The SMILES string of the molecule is CC(=O)N(C)c1ccccc1C(=O)N(C)C(C)(C)CO. The summed E-state index contributed by atoms with van der Waals surface area (Å²) in [5.41, 5.74) is 0.332. The first-order valence-electron chi connectivity index (χ1n) is 6.44. The topological polar surface area (TPSA) is 60.9 Å². The average Bonchev–Trinajstić information content (AvgIpc) is 2.44. The van der Waals surface area contributed by atoms with Crippen LogP contribution in [0.5, 0.6) is 0 Å². The van der Waals surface area contributed by atoms with Crippen molar-refractivity contribution in [3.8, 4) is 0 Å². The largest absolute Gasteiger partial charge is 0.394 e. The van der Waals surface area contributed by atoms with Crippen LogP contribution in [0.2, 0.25) is 0 Å². The molecule has 0 aliphatic heterocycles. The second kappa shape index (κ2) is 6.05. The van der Waals surface area contributed by atoms with Gasteiger partial charge in [-0.05, 0) is 26.0 Å². The van der Waals surface area contributed by atoms with Crippen LogP contribution in [0.15, 0.2) is 24.3 Å². The maximum atomic E-state index is 12.6. The van der Waals surface area contributed by atoms with Crippen LogP contribution < -0.4 is 4.90 Å². The molecule has 5 heteroatoms. The van der Waals surface area contributed by atoms with Crippen molar-refractivity contribution in [2.24, 2.45) is 0 Å². The molecule has 0 fully saturated rings. The minimum absolute atomic E-state index is 0.139. The Balaban J connectivity index is 3.21. The maximum absolute atomic E-state index is 12.6. The van der Waals surface area contributed by atoms with Gasteiger partial charge in [0.2, 0.25) is 5.91 Å². The average molecular weight is 278 g/mol. The number of likely N-dealkylation sites (N-methyl/N-ethyl adjacent to an activating group) is 1. The Morgan fingerprint density at radius 3 is 2.25 bits per heavy atom. The fraction of sp³-hybridized carbons (Fsp3) is 0.467. The minimum Gasteiger partial charge on any atom is -0.394 e. The van der Waals surface area contributed by atoms with Gasteiger partial charge in [-0.1, -0.05) is 12.1 Å². The van der Waals surface area contributed by atoms with Crippen LogP contribution in [0.25, 0.3) is 0 Å². The van der Waals surface area contributed by atoms with E-state index in [2.05, 4.69) is 0 Å². The molecule has 1 aromatic carbocycles. The van der Waals surface area contributed by atoms with Crippen molar-refractivity contribution in [3.05, 3.63) is 29.8 Å². The number of hydrogen-bond donors (Lipinski definition) is 1. The van der Waals surface area contributed by atoms with Crippen molar-refractivity contribution in [1.29, 1.82) is 0 Å². The number of aliphatic hydroxyl groups excluding tert-OH is 1. The van der Waals surface area contributed by atoms with Crippen molar-refractivity contribution in [1.82, 2.24) is 4.90 Å². The summed E-state index contributed by atoms with van der Waals surface area (Å²) in [7, 11) is 3.27. The first kappa shape index (κ1) is 16.2. The Morgan fingerprint density at radius 2 is 1.75 bits per heavy atom. The molecule has 0 heterocycles. The van der Waals surface area contributed by atoms with E-state index in [1.165, 1.54) is 16.7 Å². The summed E-state index contributed by atoms with van der Waals surface area (Å²) in [6.45, 7) is 4.87. The second-order valence-electron chi connectivity index (χ2n) is 5.43. The van der Waals surface area contributed by atoms with Crippen LogP contribution in [0.4, 0.5) is 5.69 Å². The highest BCUT2D eigenvalue weighted by atomic mass is 16.3. The monoisotopic (exact) mass is 278 g/mol. The first-order valence-corrected chi connectivity index (χ1v) is 6.44. The van der Waals surface area contributed by atoms with Crippen LogP contribution in [-0.2, 0) is 4.79 Å². The lowest BCUT2D eigenvalue weighted by atomic mass is 10.0. The highest BCUT2D eigenvalue weighted by molar-refractivity contribution is 6.04. The highest BCUT2D eigenvalue weighted by Gasteiger charge is 2.29. The Bertz CT molecular complexity index is 512. The molecule has 0 saturated carbocycles.